The number of hydrogen-bond acceptors (Lipinski definition) is 5. The summed E-state index contributed by atoms with van der Waals surface area (Å²) in [6.45, 7) is 4.55. The highest BCUT2D eigenvalue weighted by atomic mass is 16.6. The van der Waals surface area contributed by atoms with E-state index in [-0.39, 0.29) is 23.9 Å². The standard InChI is InChI=1S/C23H26N4O4/c28-23(24-8-9-26-10-12-31-13-11-26)15-20(17-4-3-5-18(14-17)27(29)30)21-16-25-22-7-2-1-6-19(21)22/h1-7,14,16,20,25H,8-13,15H2,(H,24,28)/t20-/m1/s1. The molecule has 1 aromatic heterocycles. The molecule has 2 aromatic carbocycles. The molecule has 4 rings (SSSR count). The Balaban J connectivity index is 1.53. The van der Waals surface area contributed by atoms with Crippen LogP contribution in [0.2, 0.25) is 0 Å². The zero-order valence-corrected chi connectivity index (χ0v) is 17.3. The highest BCUT2D eigenvalue weighted by molar-refractivity contribution is 5.86. The summed E-state index contributed by atoms with van der Waals surface area (Å²) in [6, 6.07) is 14.4. The molecule has 0 unspecified atom stereocenters. The summed E-state index contributed by atoms with van der Waals surface area (Å²) in [7, 11) is 0. The van der Waals surface area contributed by atoms with E-state index in [1.165, 1.54) is 6.07 Å². The van der Waals surface area contributed by atoms with Gasteiger partial charge in [0.05, 0.1) is 18.1 Å². The van der Waals surface area contributed by atoms with Crippen LogP contribution >= 0.6 is 0 Å². The number of nitrogens with zero attached hydrogens (tertiary/aromatic N) is 2. The van der Waals surface area contributed by atoms with Crippen molar-refractivity contribution in [1.82, 2.24) is 15.2 Å². The first-order chi connectivity index (χ1) is 15.1. The Labute approximate surface area is 180 Å². The average Bonchev–Trinajstić information content (AvgIpc) is 3.22. The highest BCUT2D eigenvalue weighted by Gasteiger charge is 2.23. The first-order valence-corrected chi connectivity index (χ1v) is 10.5. The highest BCUT2D eigenvalue weighted by Crippen LogP contribution is 2.34. The molecule has 1 amide bonds. The van der Waals surface area contributed by atoms with Crippen LogP contribution in [0.5, 0.6) is 0 Å². The van der Waals surface area contributed by atoms with Gasteiger partial charge in [0, 0.05) is 67.8 Å². The van der Waals surface area contributed by atoms with Crippen molar-refractivity contribution in [2.45, 2.75) is 12.3 Å². The smallest absolute Gasteiger partial charge is 0.269 e. The number of H-pyrrole nitrogens is 1. The van der Waals surface area contributed by atoms with E-state index < -0.39 is 4.92 Å². The summed E-state index contributed by atoms with van der Waals surface area (Å²) >= 11 is 0. The number of amides is 1. The van der Waals surface area contributed by atoms with Crippen LogP contribution in [0.3, 0.4) is 0 Å². The van der Waals surface area contributed by atoms with E-state index >= 15 is 0 Å². The molecule has 0 radical (unpaired) electrons. The Morgan fingerprint density at radius 1 is 1.19 bits per heavy atom. The second-order valence-corrected chi connectivity index (χ2v) is 7.70. The first-order valence-electron chi connectivity index (χ1n) is 10.5. The van der Waals surface area contributed by atoms with Crippen LogP contribution in [-0.2, 0) is 9.53 Å². The van der Waals surface area contributed by atoms with E-state index in [1.807, 2.05) is 36.5 Å². The molecule has 1 atom stereocenters. The van der Waals surface area contributed by atoms with Crippen molar-refractivity contribution in [2.24, 2.45) is 0 Å². The fourth-order valence-electron chi connectivity index (χ4n) is 4.08. The number of carbonyl (C=O) groups excluding carboxylic acids is 1. The number of morpholine rings is 1. The van der Waals surface area contributed by atoms with E-state index in [9.17, 15) is 14.9 Å². The molecule has 1 fully saturated rings. The molecule has 0 saturated carbocycles. The minimum absolute atomic E-state index is 0.0232. The van der Waals surface area contributed by atoms with Gasteiger partial charge in [-0.3, -0.25) is 19.8 Å². The summed E-state index contributed by atoms with van der Waals surface area (Å²) in [4.78, 5) is 29.2. The predicted octanol–water partition coefficient (Wildman–Crippen LogP) is 3.05. The van der Waals surface area contributed by atoms with Gasteiger partial charge in [-0.05, 0) is 17.2 Å². The largest absolute Gasteiger partial charge is 0.379 e. The Morgan fingerprint density at radius 2 is 2.00 bits per heavy atom. The van der Waals surface area contributed by atoms with Gasteiger partial charge in [-0.15, -0.1) is 0 Å². The summed E-state index contributed by atoms with van der Waals surface area (Å²) in [5, 5.41) is 15.3. The number of aromatic amines is 1. The maximum absolute atomic E-state index is 12.8. The number of para-hydroxylation sites is 1. The Hall–Kier alpha value is -3.23. The zero-order chi connectivity index (χ0) is 21.6. The molecule has 0 bridgehead atoms. The van der Waals surface area contributed by atoms with Crippen LogP contribution < -0.4 is 5.32 Å². The van der Waals surface area contributed by atoms with E-state index in [4.69, 9.17) is 4.74 Å². The predicted molar refractivity (Wildman–Crippen MR) is 118 cm³/mol. The molecular formula is C23H26N4O4. The number of hydrogen-bond donors (Lipinski definition) is 2. The maximum Gasteiger partial charge on any atom is 0.269 e. The Kier molecular flexibility index (Phi) is 6.59. The third-order valence-corrected chi connectivity index (χ3v) is 5.72. The molecule has 31 heavy (non-hydrogen) atoms. The summed E-state index contributed by atoms with van der Waals surface area (Å²) < 4.78 is 5.35. The average molecular weight is 422 g/mol. The summed E-state index contributed by atoms with van der Waals surface area (Å²) in [6.07, 6.45) is 2.11. The van der Waals surface area contributed by atoms with E-state index in [2.05, 4.69) is 15.2 Å². The first kappa shape index (κ1) is 21.0. The molecule has 8 nitrogen and oxygen atoms in total. The van der Waals surface area contributed by atoms with Crippen molar-refractivity contribution in [3.63, 3.8) is 0 Å². The molecule has 1 aliphatic rings. The van der Waals surface area contributed by atoms with Gasteiger partial charge in [0.25, 0.3) is 5.69 Å². The van der Waals surface area contributed by atoms with Crippen LogP contribution in [0.1, 0.15) is 23.5 Å². The number of nitro benzene ring substituents is 1. The van der Waals surface area contributed by atoms with E-state index in [1.54, 1.807) is 12.1 Å². The van der Waals surface area contributed by atoms with E-state index in [0.717, 1.165) is 54.9 Å². The lowest BCUT2D eigenvalue weighted by molar-refractivity contribution is -0.384. The number of rotatable bonds is 8. The molecule has 2 heterocycles. The molecule has 8 heteroatoms. The Morgan fingerprint density at radius 3 is 2.81 bits per heavy atom. The van der Waals surface area contributed by atoms with E-state index in [0.29, 0.717) is 6.54 Å². The molecule has 0 aliphatic carbocycles. The number of benzene rings is 2. The molecule has 3 aromatic rings. The van der Waals surface area contributed by atoms with Crippen molar-refractivity contribution in [3.8, 4) is 0 Å². The number of aromatic nitrogens is 1. The lowest BCUT2D eigenvalue weighted by Crippen LogP contribution is -2.41. The molecule has 162 valence electrons. The number of nitrogens with one attached hydrogen (secondary N) is 2. The lowest BCUT2D eigenvalue weighted by atomic mass is 9.87. The van der Waals surface area contributed by atoms with Crippen LogP contribution in [0.4, 0.5) is 5.69 Å². The molecular weight excluding hydrogens is 396 g/mol. The molecule has 2 N–H and O–H groups in total. The lowest BCUT2D eigenvalue weighted by Gasteiger charge is -2.26. The quantitative estimate of drug-likeness (QED) is 0.429. The molecule has 0 spiro atoms. The van der Waals surface area contributed by atoms with Crippen LogP contribution in [-0.4, -0.2) is 60.1 Å². The molecule has 1 aliphatic heterocycles. The minimum Gasteiger partial charge on any atom is -0.379 e. The number of nitro groups is 1. The third kappa shape index (κ3) is 5.10. The fourth-order valence-corrected chi connectivity index (χ4v) is 4.08. The van der Waals surface area contributed by atoms with Gasteiger partial charge in [0.1, 0.15) is 0 Å². The molecule has 1 saturated heterocycles. The van der Waals surface area contributed by atoms with Gasteiger partial charge in [-0.2, -0.15) is 0 Å². The van der Waals surface area contributed by atoms with Crippen LogP contribution in [0, 0.1) is 10.1 Å². The third-order valence-electron chi connectivity index (χ3n) is 5.72. The maximum atomic E-state index is 12.8. The van der Waals surface area contributed by atoms with Gasteiger partial charge in [-0.25, -0.2) is 0 Å². The Bertz CT molecular complexity index is 1060. The van der Waals surface area contributed by atoms with Crippen molar-refractivity contribution in [2.75, 3.05) is 39.4 Å². The van der Waals surface area contributed by atoms with Crippen LogP contribution in [0.25, 0.3) is 10.9 Å². The number of fused-ring (bicyclic) bond motifs is 1. The van der Waals surface area contributed by atoms with Gasteiger partial charge in [0.15, 0.2) is 0 Å². The minimum atomic E-state index is -0.405. The second-order valence-electron chi connectivity index (χ2n) is 7.70. The van der Waals surface area contributed by atoms with Crippen molar-refractivity contribution < 1.29 is 14.5 Å². The number of carbonyl (C=O) groups is 1. The zero-order valence-electron chi connectivity index (χ0n) is 17.3. The van der Waals surface area contributed by atoms with Gasteiger partial charge >= 0.3 is 0 Å². The van der Waals surface area contributed by atoms with Crippen molar-refractivity contribution in [3.05, 3.63) is 76.0 Å². The number of non-ortho nitro benzene ring substituents is 1. The van der Waals surface area contributed by atoms with Gasteiger partial charge in [0.2, 0.25) is 5.91 Å². The second kappa shape index (κ2) is 9.72. The summed E-state index contributed by atoms with van der Waals surface area (Å²) in [5.74, 6) is -0.366. The van der Waals surface area contributed by atoms with Crippen LogP contribution in [0.15, 0.2) is 54.7 Å². The van der Waals surface area contributed by atoms with Gasteiger partial charge < -0.3 is 15.0 Å². The SMILES string of the molecule is O=C(C[C@H](c1cccc([N+](=O)[O-])c1)c1c[nH]c2ccccc12)NCCN1CCOCC1. The number of ether oxygens (including phenoxy) is 1. The summed E-state index contributed by atoms with van der Waals surface area (Å²) in [5.41, 5.74) is 2.71. The monoisotopic (exact) mass is 422 g/mol. The normalized spacial score (nSPS) is 15.6. The topological polar surface area (TPSA) is 100 Å². The van der Waals surface area contributed by atoms with Crippen molar-refractivity contribution in [1.29, 1.82) is 0 Å². The fraction of sp³-hybridized carbons (Fsp3) is 0.348. The van der Waals surface area contributed by atoms with Crippen molar-refractivity contribution >= 4 is 22.5 Å². The van der Waals surface area contributed by atoms with Gasteiger partial charge in [-0.1, -0.05) is 30.3 Å².